The molecule has 0 bridgehead atoms. The Balaban J connectivity index is 2.02. The van der Waals surface area contributed by atoms with Crippen LogP contribution in [0.4, 0.5) is 5.69 Å². The molecule has 2 N–H and O–H groups in total. The van der Waals surface area contributed by atoms with Crippen molar-refractivity contribution < 1.29 is 9.53 Å². The zero-order valence-corrected chi connectivity index (χ0v) is 12.0. The van der Waals surface area contributed by atoms with Gasteiger partial charge in [-0.1, -0.05) is 11.6 Å². The second-order valence-electron chi connectivity index (χ2n) is 4.89. The molecule has 1 aromatic rings. The van der Waals surface area contributed by atoms with Crippen molar-refractivity contribution in [2.45, 2.75) is 38.3 Å². The maximum atomic E-state index is 12.2. The number of carbonyl (C=O) groups is 1. The minimum atomic E-state index is -0.120. The van der Waals surface area contributed by atoms with Crippen LogP contribution in [0.2, 0.25) is 5.02 Å². The number of hydrogen-bond acceptors (Lipinski definition) is 3. The third kappa shape index (κ3) is 3.61. The molecule has 1 aromatic carbocycles. The lowest BCUT2D eigenvalue weighted by atomic mass is 9.99. The van der Waals surface area contributed by atoms with Crippen molar-refractivity contribution in [3.8, 4) is 5.75 Å². The van der Waals surface area contributed by atoms with E-state index in [9.17, 15) is 4.79 Å². The zero-order chi connectivity index (χ0) is 13.8. The lowest BCUT2D eigenvalue weighted by Gasteiger charge is -2.27. The fourth-order valence-corrected chi connectivity index (χ4v) is 2.51. The molecule has 0 radical (unpaired) electrons. The van der Waals surface area contributed by atoms with Gasteiger partial charge in [0.25, 0.3) is 0 Å². The van der Waals surface area contributed by atoms with Gasteiger partial charge in [0.1, 0.15) is 5.75 Å². The Bertz CT molecular complexity index is 465. The van der Waals surface area contributed by atoms with Crippen LogP contribution in [0.15, 0.2) is 18.2 Å². The van der Waals surface area contributed by atoms with Crippen LogP contribution >= 0.6 is 11.6 Å². The predicted octanol–water partition coefficient (Wildman–Crippen LogP) is 2.82. The van der Waals surface area contributed by atoms with E-state index < -0.39 is 0 Å². The fraction of sp³-hybridized carbons (Fsp3) is 0.500. The predicted molar refractivity (Wildman–Crippen MR) is 76.9 cm³/mol. The standard InChI is InChI=1S/C14H19ClN2O2/c1-9-4-3-5-12(16-9)14(18)17-10-6-7-11(15)13(8-10)19-2/h6-9,12,16H,3-5H2,1-2H3,(H,17,18)/t9-,12-/m0/s1. The van der Waals surface area contributed by atoms with Gasteiger partial charge in [0.15, 0.2) is 0 Å². The first-order chi connectivity index (χ1) is 9.10. The first-order valence-electron chi connectivity index (χ1n) is 6.50. The quantitative estimate of drug-likeness (QED) is 0.896. The van der Waals surface area contributed by atoms with E-state index in [4.69, 9.17) is 16.3 Å². The van der Waals surface area contributed by atoms with Crippen LogP contribution in [-0.4, -0.2) is 25.1 Å². The summed E-state index contributed by atoms with van der Waals surface area (Å²) in [6.07, 6.45) is 3.08. The number of methoxy groups -OCH3 is 1. The van der Waals surface area contributed by atoms with Crippen LogP contribution in [0.25, 0.3) is 0 Å². The molecule has 2 atom stereocenters. The van der Waals surface area contributed by atoms with E-state index in [0.717, 1.165) is 19.3 Å². The first kappa shape index (κ1) is 14.2. The number of piperidine rings is 1. The third-order valence-electron chi connectivity index (χ3n) is 3.35. The van der Waals surface area contributed by atoms with Gasteiger partial charge in [-0.15, -0.1) is 0 Å². The average molecular weight is 283 g/mol. The van der Waals surface area contributed by atoms with Gasteiger partial charge in [0.2, 0.25) is 5.91 Å². The fourth-order valence-electron chi connectivity index (χ4n) is 2.31. The van der Waals surface area contributed by atoms with Crippen LogP contribution in [0.1, 0.15) is 26.2 Å². The van der Waals surface area contributed by atoms with Crippen molar-refractivity contribution in [1.29, 1.82) is 0 Å². The molecule has 0 unspecified atom stereocenters. The Labute approximate surface area is 118 Å². The number of nitrogens with one attached hydrogen (secondary N) is 2. The number of carbonyl (C=O) groups excluding carboxylic acids is 1. The van der Waals surface area contributed by atoms with E-state index in [1.165, 1.54) is 0 Å². The second kappa shape index (κ2) is 6.26. The van der Waals surface area contributed by atoms with Gasteiger partial charge in [0.05, 0.1) is 18.2 Å². The van der Waals surface area contributed by atoms with Gasteiger partial charge in [0, 0.05) is 17.8 Å². The number of hydrogen-bond donors (Lipinski definition) is 2. The Morgan fingerprint density at radius 3 is 2.95 bits per heavy atom. The number of rotatable bonds is 3. The van der Waals surface area contributed by atoms with Gasteiger partial charge < -0.3 is 15.4 Å². The Morgan fingerprint density at radius 2 is 2.26 bits per heavy atom. The monoisotopic (exact) mass is 282 g/mol. The van der Waals surface area contributed by atoms with E-state index in [1.54, 1.807) is 25.3 Å². The number of ether oxygens (including phenoxy) is 1. The molecular formula is C14H19ClN2O2. The molecule has 1 heterocycles. The summed E-state index contributed by atoms with van der Waals surface area (Å²) in [5.41, 5.74) is 0.700. The average Bonchev–Trinajstić information content (AvgIpc) is 2.41. The van der Waals surface area contributed by atoms with Gasteiger partial charge in [-0.2, -0.15) is 0 Å². The largest absolute Gasteiger partial charge is 0.495 e. The number of halogens is 1. The highest BCUT2D eigenvalue weighted by atomic mass is 35.5. The van der Waals surface area contributed by atoms with E-state index in [0.29, 0.717) is 22.5 Å². The molecule has 4 nitrogen and oxygen atoms in total. The summed E-state index contributed by atoms with van der Waals surface area (Å²) in [6, 6.07) is 5.49. The molecule has 1 aliphatic heterocycles. The van der Waals surface area contributed by atoms with Crippen molar-refractivity contribution in [2.75, 3.05) is 12.4 Å². The van der Waals surface area contributed by atoms with Gasteiger partial charge >= 0.3 is 0 Å². The Morgan fingerprint density at radius 1 is 1.47 bits per heavy atom. The summed E-state index contributed by atoms with van der Waals surface area (Å²) >= 11 is 5.95. The van der Waals surface area contributed by atoms with Crippen LogP contribution in [0.3, 0.4) is 0 Å². The van der Waals surface area contributed by atoms with Crippen LogP contribution in [-0.2, 0) is 4.79 Å². The molecule has 2 rings (SSSR count). The molecule has 0 saturated carbocycles. The topological polar surface area (TPSA) is 50.4 Å². The lowest BCUT2D eigenvalue weighted by Crippen LogP contribution is -2.47. The minimum Gasteiger partial charge on any atom is -0.495 e. The molecule has 19 heavy (non-hydrogen) atoms. The van der Waals surface area contributed by atoms with Crippen molar-refractivity contribution in [3.63, 3.8) is 0 Å². The lowest BCUT2D eigenvalue weighted by molar-refractivity contribution is -0.118. The normalized spacial score (nSPS) is 22.9. The number of benzene rings is 1. The smallest absolute Gasteiger partial charge is 0.241 e. The van der Waals surface area contributed by atoms with Crippen LogP contribution in [0.5, 0.6) is 5.75 Å². The molecule has 0 aliphatic carbocycles. The van der Waals surface area contributed by atoms with Gasteiger partial charge in [-0.05, 0) is 38.3 Å². The van der Waals surface area contributed by atoms with Gasteiger partial charge in [-0.25, -0.2) is 0 Å². The van der Waals surface area contributed by atoms with E-state index in [1.807, 2.05) is 0 Å². The second-order valence-corrected chi connectivity index (χ2v) is 5.30. The molecular weight excluding hydrogens is 264 g/mol. The van der Waals surface area contributed by atoms with Crippen LogP contribution < -0.4 is 15.4 Å². The van der Waals surface area contributed by atoms with E-state index >= 15 is 0 Å². The number of amides is 1. The first-order valence-corrected chi connectivity index (χ1v) is 6.88. The Kier molecular flexibility index (Phi) is 4.66. The van der Waals surface area contributed by atoms with Crippen molar-refractivity contribution in [1.82, 2.24) is 5.32 Å². The molecule has 0 spiro atoms. The third-order valence-corrected chi connectivity index (χ3v) is 3.66. The van der Waals surface area contributed by atoms with E-state index in [2.05, 4.69) is 17.6 Å². The highest BCUT2D eigenvalue weighted by Crippen LogP contribution is 2.27. The Hall–Kier alpha value is -1.26. The zero-order valence-electron chi connectivity index (χ0n) is 11.2. The van der Waals surface area contributed by atoms with E-state index in [-0.39, 0.29) is 11.9 Å². The molecule has 5 heteroatoms. The summed E-state index contributed by atoms with van der Waals surface area (Å²) in [4.78, 5) is 12.2. The summed E-state index contributed by atoms with van der Waals surface area (Å²) in [7, 11) is 1.55. The summed E-state index contributed by atoms with van der Waals surface area (Å²) < 4.78 is 5.13. The van der Waals surface area contributed by atoms with Crippen LogP contribution in [0, 0.1) is 0 Å². The molecule has 1 fully saturated rings. The SMILES string of the molecule is COc1cc(NC(=O)[C@@H]2CCC[C@H](C)N2)ccc1Cl. The molecule has 1 amide bonds. The molecule has 1 saturated heterocycles. The maximum Gasteiger partial charge on any atom is 0.241 e. The van der Waals surface area contributed by atoms with Crippen molar-refractivity contribution >= 4 is 23.2 Å². The highest BCUT2D eigenvalue weighted by molar-refractivity contribution is 6.32. The van der Waals surface area contributed by atoms with Gasteiger partial charge in [-0.3, -0.25) is 4.79 Å². The summed E-state index contributed by atoms with van der Waals surface area (Å²) in [6.45, 7) is 2.10. The number of anilines is 1. The maximum absolute atomic E-state index is 12.2. The minimum absolute atomic E-state index is 0.00377. The highest BCUT2D eigenvalue weighted by Gasteiger charge is 2.24. The van der Waals surface area contributed by atoms with Crippen molar-refractivity contribution in [3.05, 3.63) is 23.2 Å². The molecule has 104 valence electrons. The molecule has 1 aliphatic rings. The van der Waals surface area contributed by atoms with Crippen molar-refractivity contribution in [2.24, 2.45) is 0 Å². The summed E-state index contributed by atoms with van der Waals surface area (Å²) in [5.74, 6) is 0.556. The molecule has 0 aromatic heterocycles. The summed E-state index contributed by atoms with van der Waals surface area (Å²) in [5, 5.41) is 6.73.